The molecule has 0 aromatic heterocycles. The summed E-state index contributed by atoms with van der Waals surface area (Å²) < 4.78 is 9.97. The summed E-state index contributed by atoms with van der Waals surface area (Å²) in [4.78, 5) is 16.3. The molecule has 0 spiro atoms. The first-order chi connectivity index (χ1) is 3.56. The molecular weight excluding hydrogens is 129 g/mol. The van der Waals surface area contributed by atoms with Crippen LogP contribution in [0.5, 0.6) is 0 Å². The third kappa shape index (κ3) is 6.11. The minimum absolute atomic E-state index is 0.365. The molecule has 0 unspecified atom stereocenters. The molecule has 8 heavy (non-hydrogen) atoms. The average molecular weight is 139 g/mol. The van der Waals surface area contributed by atoms with E-state index in [1.165, 1.54) is 0 Å². The van der Waals surface area contributed by atoms with E-state index < -0.39 is 7.75 Å². The molecule has 0 saturated carbocycles. The van der Waals surface area contributed by atoms with Crippen molar-refractivity contribution in [2.24, 2.45) is 0 Å². The van der Waals surface area contributed by atoms with Crippen molar-refractivity contribution in [3.05, 3.63) is 0 Å². The zero-order valence-corrected chi connectivity index (χ0v) is 5.56. The van der Waals surface area contributed by atoms with E-state index in [4.69, 9.17) is 9.79 Å². The smallest absolute Gasteiger partial charge is 0.313 e. The molecule has 50 valence electrons. The van der Waals surface area contributed by atoms with Crippen LogP contribution in [-0.2, 0) is 4.57 Å². The van der Waals surface area contributed by atoms with Gasteiger partial charge in [-0.1, -0.05) is 6.92 Å². The van der Waals surface area contributed by atoms with Crippen LogP contribution in [0, 0.1) is 0 Å². The van der Waals surface area contributed by atoms with Crippen molar-refractivity contribution in [2.75, 3.05) is 6.54 Å². The maximum absolute atomic E-state index is 9.97. The van der Waals surface area contributed by atoms with Gasteiger partial charge in [0.15, 0.2) is 0 Å². The summed E-state index contributed by atoms with van der Waals surface area (Å²) in [6.45, 7) is 2.20. The Morgan fingerprint density at radius 1 is 1.62 bits per heavy atom. The zero-order chi connectivity index (χ0) is 6.62. The van der Waals surface area contributed by atoms with E-state index in [0.29, 0.717) is 6.54 Å². The minimum Gasteiger partial charge on any atom is -0.313 e. The third-order valence-electron chi connectivity index (χ3n) is 0.568. The summed E-state index contributed by atoms with van der Waals surface area (Å²) in [5.41, 5.74) is 0. The molecule has 0 heterocycles. The van der Waals surface area contributed by atoms with E-state index >= 15 is 0 Å². The van der Waals surface area contributed by atoms with Crippen LogP contribution in [0.25, 0.3) is 0 Å². The predicted molar refractivity (Wildman–Crippen MR) is 30.3 cm³/mol. The maximum atomic E-state index is 9.97. The number of hydrogen-bond donors (Lipinski definition) is 3. The summed E-state index contributed by atoms with van der Waals surface area (Å²) >= 11 is 0. The second-order valence-corrected chi connectivity index (χ2v) is 2.86. The molecule has 0 fully saturated rings. The molecule has 0 aliphatic carbocycles. The fourth-order valence-electron chi connectivity index (χ4n) is 0.257. The minimum atomic E-state index is -3.93. The Bertz CT molecular complexity index is 98.7. The Balaban J connectivity index is 3.26. The Labute approximate surface area is 48.1 Å². The van der Waals surface area contributed by atoms with Crippen molar-refractivity contribution in [3.63, 3.8) is 0 Å². The van der Waals surface area contributed by atoms with E-state index in [-0.39, 0.29) is 0 Å². The molecule has 0 bridgehead atoms. The Morgan fingerprint density at radius 3 is 2.25 bits per heavy atom. The van der Waals surface area contributed by atoms with Gasteiger partial charge >= 0.3 is 7.75 Å². The molecule has 0 radical (unpaired) electrons. The molecule has 4 nitrogen and oxygen atoms in total. The first-order valence-electron chi connectivity index (χ1n) is 2.37. The summed E-state index contributed by atoms with van der Waals surface area (Å²) in [7, 11) is -3.93. The Morgan fingerprint density at radius 2 is 2.12 bits per heavy atom. The van der Waals surface area contributed by atoms with Crippen LogP contribution >= 0.6 is 7.75 Å². The monoisotopic (exact) mass is 139 g/mol. The third-order valence-corrected chi connectivity index (χ3v) is 1.20. The van der Waals surface area contributed by atoms with Crippen molar-refractivity contribution < 1.29 is 14.4 Å². The molecule has 0 amide bonds. The van der Waals surface area contributed by atoms with Gasteiger partial charge in [-0.2, -0.15) is 0 Å². The lowest BCUT2D eigenvalue weighted by Crippen LogP contribution is -2.09. The molecule has 0 aromatic rings. The highest BCUT2D eigenvalue weighted by atomic mass is 31.2. The van der Waals surface area contributed by atoms with Gasteiger partial charge in [0, 0.05) is 6.54 Å². The predicted octanol–water partition coefficient (Wildman–Crippen LogP) is 0.0787. The van der Waals surface area contributed by atoms with Gasteiger partial charge in [-0.3, -0.25) is 0 Å². The Kier molecular flexibility index (Phi) is 3.24. The molecule has 0 rings (SSSR count). The average Bonchev–Trinajstić information content (AvgIpc) is 1.59. The van der Waals surface area contributed by atoms with Crippen LogP contribution in [0.2, 0.25) is 0 Å². The lowest BCUT2D eigenvalue weighted by atomic mass is 10.5. The standard InChI is InChI=1S/C3H10NO3P/c1-2-3-4-8(5,6)7/h2-3H2,1H3,(H3,4,5,6,7). The first-order valence-corrected chi connectivity index (χ1v) is 3.98. The number of nitrogens with one attached hydrogen (secondary N) is 1. The second-order valence-electron chi connectivity index (χ2n) is 1.45. The highest BCUT2D eigenvalue weighted by Crippen LogP contribution is 2.27. The van der Waals surface area contributed by atoms with Gasteiger partial charge in [0.05, 0.1) is 0 Å². The number of rotatable bonds is 3. The molecule has 0 aliphatic heterocycles. The van der Waals surface area contributed by atoms with Crippen LogP contribution in [-0.4, -0.2) is 16.3 Å². The maximum Gasteiger partial charge on any atom is 0.400 e. The molecule has 5 heteroatoms. The normalized spacial score (nSPS) is 11.9. The van der Waals surface area contributed by atoms with E-state index in [2.05, 4.69) is 0 Å². The zero-order valence-electron chi connectivity index (χ0n) is 4.66. The van der Waals surface area contributed by atoms with E-state index in [9.17, 15) is 4.57 Å². The topological polar surface area (TPSA) is 69.6 Å². The van der Waals surface area contributed by atoms with Crippen LogP contribution < -0.4 is 5.09 Å². The molecule has 0 aliphatic rings. The Hall–Kier alpha value is 0.110. The fraction of sp³-hybridized carbons (Fsp3) is 1.00. The van der Waals surface area contributed by atoms with Crippen LogP contribution in [0.15, 0.2) is 0 Å². The van der Waals surface area contributed by atoms with Crippen LogP contribution in [0.1, 0.15) is 13.3 Å². The largest absolute Gasteiger partial charge is 0.400 e. The lowest BCUT2D eigenvalue weighted by Gasteiger charge is -2.01. The van der Waals surface area contributed by atoms with Gasteiger partial charge in [-0.05, 0) is 6.42 Å². The number of hydrogen-bond acceptors (Lipinski definition) is 1. The lowest BCUT2D eigenvalue weighted by molar-refractivity contribution is 0.357. The van der Waals surface area contributed by atoms with Crippen molar-refractivity contribution >= 4 is 7.75 Å². The van der Waals surface area contributed by atoms with Gasteiger partial charge in [-0.25, -0.2) is 9.65 Å². The van der Waals surface area contributed by atoms with Crippen molar-refractivity contribution in [1.29, 1.82) is 0 Å². The van der Waals surface area contributed by atoms with Gasteiger partial charge in [-0.15, -0.1) is 0 Å². The fourth-order valence-corrected chi connectivity index (χ4v) is 0.772. The van der Waals surface area contributed by atoms with Gasteiger partial charge in [0.1, 0.15) is 0 Å². The summed E-state index contributed by atoms with van der Waals surface area (Å²) in [6, 6.07) is 0. The van der Waals surface area contributed by atoms with E-state index in [0.717, 1.165) is 6.42 Å². The summed E-state index contributed by atoms with van der Waals surface area (Å²) in [5, 5.41) is 2.04. The summed E-state index contributed by atoms with van der Waals surface area (Å²) in [6.07, 6.45) is 0.727. The van der Waals surface area contributed by atoms with Gasteiger partial charge < -0.3 is 9.79 Å². The molecule has 0 saturated heterocycles. The van der Waals surface area contributed by atoms with E-state index in [1.54, 1.807) is 0 Å². The highest BCUT2D eigenvalue weighted by Gasteiger charge is 2.08. The van der Waals surface area contributed by atoms with Gasteiger partial charge in [0.25, 0.3) is 0 Å². The molecule has 3 N–H and O–H groups in total. The van der Waals surface area contributed by atoms with Crippen LogP contribution in [0.3, 0.4) is 0 Å². The van der Waals surface area contributed by atoms with Crippen molar-refractivity contribution in [3.8, 4) is 0 Å². The highest BCUT2D eigenvalue weighted by molar-refractivity contribution is 7.49. The first kappa shape index (κ1) is 8.11. The SMILES string of the molecule is CCCNP(=O)(O)O. The quantitative estimate of drug-likeness (QED) is 0.484. The second kappa shape index (κ2) is 3.20. The van der Waals surface area contributed by atoms with Gasteiger partial charge in [0.2, 0.25) is 0 Å². The van der Waals surface area contributed by atoms with E-state index in [1.807, 2.05) is 12.0 Å². The summed E-state index contributed by atoms with van der Waals surface area (Å²) in [5.74, 6) is 0. The molecule has 0 aromatic carbocycles. The molecular formula is C3H10NO3P. The van der Waals surface area contributed by atoms with Crippen molar-refractivity contribution in [1.82, 2.24) is 5.09 Å². The molecule has 0 atom stereocenters. The van der Waals surface area contributed by atoms with Crippen LogP contribution in [0.4, 0.5) is 0 Å². The van der Waals surface area contributed by atoms with Crippen molar-refractivity contribution in [2.45, 2.75) is 13.3 Å².